The fourth-order valence-electron chi connectivity index (χ4n) is 3.92. The second-order valence-electron chi connectivity index (χ2n) is 11.0. The lowest BCUT2D eigenvalue weighted by atomic mass is 9.97. The Hall–Kier alpha value is -3.72. The number of amides is 2. The van der Waals surface area contributed by atoms with Gasteiger partial charge in [0.25, 0.3) is 0 Å². The van der Waals surface area contributed by atoms with Crippen LogP contribution in [-0.2, 0) is 17.8 Å². The Morgan fingerprint density at radius 3 is 2.42 bits per heavy atom. The van der Waals surface area contributed by atoms with Crippen LogP contribution >= 0.6 is 0 Å². The maximum atomic E-state index is 12.2. The topological polar surface area (TPSA) is 149 Å². The Balaban J connectivity index is 1.76. The van der Waals surface area contributed by atoms with E-state index < -0.39 is 17.8 Å². The predicted octanol–water partition coefficient (Wildman–Crippen LogP) is 3.03. The molecule has 3 rings (SSSR count). The predicted molar refractivity (Wildman–Crippen MR) is 133 cm³/mol. The van der Waals surface area contributed by atoms with Crippen LogP contribution in [0.1, 0.15) is 53.1 Å². The van der Waals surface area contributed by atoms with E-state index in [4.69, 9.17) is 4.74 Å². The third kappa shape index (κ3) is 7.39. The molecule has 1 fully saturated rings. The Morgan fingerprint density at radius 2 is 1.86 bits per heavy atom. The minimum Gasteiger partial charge on any atom is -0.465 e. The van der Waals surface area contributed by atoms with Crippen LogP contribution in [-0.4, -0.2) is 79.4 Å². The number of hydrogen-bond acceptors (Lipinski definition) is 7. The first-order chi connectivity index (χ1) is 16.7. The van der Waals surface area contributed by atoms with E-state index in [1.54, 1.807) is 31.9 Å². The SMILES string of the molecule is CC(C)(C)Cn1c(CN2CCN(C(=NC(=O)OC(C)(C)C)NC(=O)O)CC2)cc2cnc(C#N)nc21. The molecule has 1 aliphatic heterocycles. The van der Waals surface area contributed by atoms with Gasteiger partial charge < -0.3 is 19.3 Å². The monoisotopic (exact) mass is 498 g/mol. The fourth-order valence-corrected chi connectivity index (χ4v) is 3.92. The molecule has 0 aliphatic carbocycles. The first-order valence-corrected chi connectivity index (χ1v) is 11.8. The van der Waals surface area contributed by atoms with Crippen molar-refractivity contribution in [1.82, 2.24) is 29.7 Å². The minimum atomic E-state index is -1.30. The summed E-state index contributed by atoms with van der Waals surface area (Å²) >= 11 is 0. The molecule has 2 aromatic heterocycles. The molecule has 0 spiro atoms. The average molecular weight is 499 g/mol. The molecule has 0 aromatic carbocycles. The van der Waals surface area contributed by atoms with Gasteiger partial charge in [-0.3, -0.25) is 10.2 Å². The lowest BCUT2D eigenvalue weighted by Gasteiger charge is -2.36. The molecule has 194 valence electrons. The lowest BCUT2D eigenvalue weighted by molar-refractivity contribution is 0.0599. The lowest BCUT2D eigenvalue weighted by Crippen LogP contribution is -2.53. The summed E-state index contributed by atoms with van der Waals surface area (Å²) in [6.07, 6.45) is -0.471. The first kappa shape index (κ1) is 26.9. The summed E-state index contributed by atoms with van der Waals surface area (Å²) in [5.41, 5.74) is 1.05. The number of nitrogens with zero attached hydrogens (tertiary/aromatic N) is 7. The van der Waals surface area contributed by atoms with Crippen LogP contribution in [0, 0.1) is 16.7 Å². The van der Waals surface area contributed by atoms with Crippen LogP contribution in [0.5, 0.6) is 0 Å². The Labute approximate surface area is 210 Å². The second-order valence-corrected chi connectivity index (χ2v) is 11.0. The first-order valence-electron chi connectivity index (χ1n) is 11.8. The number of carbonyl (C=O) groups is 2. The largest absolute Gasteiger partial charge is 0.465 e. The molecule has 0 unspecified atom stereocenters. The molecule has 0 atom stereocenters. The highest BCUT2D eigenvalue weighted by molar-refractivity contribution is 5.98. The Bertz CT molecular complexity index is 1190. The van der Waals surface area contributed by atoms with Gasteiger partial charge in [0.2, 0.25) is 11.8 Å². The number of guanidine groups is 1. The fraction of sp³-hybridized carbons (Fsp3) is 0.583. The molecular weight excluding hydrogens is 464 g/mol. The summed E-state index contributed by atoms with van der Waals surface area (Å²) in [6, 6.07) is 4.06. The summed E-state index contributed by atoms with van der Waals surface area (Å²) in [5.74, 6) is 0.0937. The van der Waals surface area contributed by atoms with Crippen LogP contribution in [0.2, 0.25) is 0 Å². The van der Waals surface area contributed by atoms with E-state index in [2.05, 4.69) is 56.6 Å². The average Bonchev–Trinajstić information content (AvgIpc) is 3.06. The van der Waals surface area contributed by atoms with Gasteiger partial charge in [-0.15, -0.1) is 4.99 Å². The van der Waals surface area contributed by atoms with Gasteiger partial charge in [0.15, 0.2) is 0 Å². The highest BCUT2D eigenvalue weighted by atomic mass is 16.6. The van der Waals surface area contributed by atoms with Crippen LogP contribution in [0.15, 0.2) is 17.3 Å². The summed E-state index contributed by atoms with van der Waals surface area (Å²) in [6.45, 7) is 15.2. The van der Waals surface area contributed by atoms with Crippen molar-refractivity contribution >= 4 is 29.2 Å². The Kier molecular flexibility index (Phi) is 7.83. The quantitative estimate of drug-likeness (QED) is 0.481. The maximum Gasteiger partial charge on any atom is 0.437 e. The highest BCUT2D eigenvalue weighted by Crippen LogP contribution is 2.25. The maximum absolute atomic E-state index is 12.2. The summed E-state index contributed by atoms with van der Waals surface area (Å²) in [4.78, 5) is 39.8. The van der Waals surface area contributed by atoms with Gasteiger partial charge in [0.05, 0.1) is 0 Å². The second kappa shape index (κ2) is 10.5. The number of rotatable bonds is 3. The smallest absolute Gasteiger partial charge is 0.437 e. The number of nitrogens with one attached hydrogen (secondary N) is 1. The summed E-state index contributed by atoms with van der Waals surface area (Å²) < 4.78 is 7.35. The van der Waals surface area contributed by atoms with Crippen molar-refractivity contribution in [3.63, 3.8) is 0 Å². The number of piperazine rings is 1. The number of fused-ring (bicyclic) bond motifs is 1. The zero-order valence-corrected chi connectivity index (χ0v) is 21.7. The molecule has 1 aliphatic rings. The molecule has 2 N–H and O–H groups in total. The molecular formula is C24H34N8O4. The van der Waals surface area contributed by atoms with E-state index in [0.717, 1.165) is 23.3 Å². The van der Waals surface area contributed by atoms with Gasteiger partial charge in [0, 0.05) is 56.5 Å². The highest BCUT2D eigenvalue weighted by Gasteiger charge is 2.25. The zero-order valence-electron chi connectivity index (χ0n) is 21.7. The van der Waals surface area contributed by atoms with E-state index in [1.807, 2.05) is 6.07 Å². The van der Waals surface area contributed by atoms with Crippen molar-refractivity contribution in [1.29, 1.82) is 5.26 Å². The van der Waals surface area contributed by atoms with Gasteiger partial charge in [-0.1, -0.05) is 20.8 Å². The van der Waals surface area contributed by atoms with Crippen molar-refractivity contribution in [3.8, 4) is 6.07 Å². The molecule has 12 heteroatoms. The van der Waals surface area contributed by atoms with Gasteiger partial charge in [-0.25, -0.2) is 19.6 Å². The van der Waals surface area contributed by atoms with E-state index in [9.17, 15) is 20.0 Å². The number of carboxylic acid groups (broad SMARTS) is 1. The van der Waals surface area contributed by atoms with Crippen molar-refractivity contribution in [3.05, 3.63) is 23.8 Å². The molecule has 36 heavy (non-hydrogen) atoms. The molecule has 0 saturated carbocycles. The molecule has 0 radical (unpaired) electrons. The molecule has 0 bridgehead atoms. The normalized spacial score (nSPS) is 15.6. The minimum absolute atomic E-state index is 0.00726. The van der Waals surface area contributed by atoms with Gasteiger partial charge in [-0.2, -0.15) is 5.26 Å². The summed E-state index contributed by atoms with van der Waals surface area (Å²) in [5, 5.41) is 21.6. The van der Waals surface area contributed by atoms with Crippen LogP contribution in [0.3, 0.4) is 0 Å². The zero-order chi connectivity index (χ0) is 26.7. The third-order valence-corrected chi connectivity index (χ3v) is 5.32. The van der Waals surface area contributed by atoms with Gasteiger partial charge >= 0.3 is 12.2 Å². The molecule has 3 heterocycles. The third-order valence-electron chi connectivity index (χ3n) is 5.32. The van der Waals surface area contributed by atoms with Crippen molar-refractivity contribution in [2.75, 3.05) is 26.2 Å². The van der Waals surface area contributed by atoms with E-state index in [0.29, 0.717) is 32.7 Å². The van der Waals surface area contributed by atoms with E-state index >= 15 is 0 Å². The number of ether oxygens (including phenoxy) is 1. The number of nitriles is 1. The number of aromatic nitrogens is 3. The van der Waals surface area contributed by atoms with Crippen molar-refractivity contribution in [2.24, 2.45) is 10.4 Å². The van der Waals surface area contributed by atoms with Crippen LogP contribution < -0.4 is 5.32 Å². The van der Waals surface area contributed by atoms with Crippen molar-refractivity contribution in [2.45, 2.75) is 60.2 Å². The molecule has 2 aromatic rings. The van der Waals surface area contributed by atoms with E-state index in [-0.39, 0.29) is 17.2 Å². The number of carbonyl (C=O) groups excluding carboxylic acids is 1. The van der Waals surface area contributed by atoms with E-state index in [1.165, 1.54) is 0 Å². The van der Waals surface area contributed by atoms with Gasteiger partial charge in [0.1, 0.15) is 17.3 Å². The molecule has 1 saturated heterocycles. The van der Waals surface area contributed by atoms with Crippen LogP contribution in [0.4, 0.5) is 9.59 Å². The summed E-state index contributed by atoms with van der Waals surface area (Å²) in [7, 11) is 0. The molecule has 12 nitrogen and oxygen atoms in total. The Morgan fingerprint density at radius 1 is 1.19 bits per heavy atom. The molecule has 2 amide bonds. The van der Waals surface area contributed by atoms with Gasteiger partial charge in [-0.05, 0) is 32.3 Å². The standard InChI is InChI=1S/C24H34N8O4/c1-23(2,3)15-32-17(11-16-13-26-18(12-25)27-19(16)32)14-30-7-9-31(10-8-30)20(28-21(33)34)29-22(35)36-24(4,5)6/h11,13H,7-10,14-15H2,1-6H3,(H,33,34)(H,28,29,35). The number of hydrogen-bond donors (Lipinski definition) is 2. The van der Waals surface area contributed by atoms with Crippen molar-refractivity contribution < 1.29 is 19.4 Å². The van der Waals surface area contributed by atoms with Crippen LogP contribution in [0.25, 0.3) is 11.0 Å². The number of aliphatic imine (C=N–C) groups is 1.